The monoisotopic (exact) mass is 926 g/mol. The smallest absolute Gasteiger partial charge is 0.333 e. The lowest BCUT2D eigenvalue weighted by Crippen LogP contribution is -2.56. The van der Waals surface area contributed by atoms with Gasteiger partial charge in [-0.05, 0) is 132 Å². The third-order valence-corrected chi connectivity index (χ3v) is 16.5. The number of anilines is 3. The van der Waals surface area contributed by atoms with E-state index < -0.39 is 0 Å². The van der Waals surface area contributed by atoms with E-state index in [1.165, 1.54) is 121 Å². The van der Waals surface area contributed by atoms with Gasteiger partial charge in [0, 0.05) is 61.3 Å². The summed E-state index contributed by atoms with van der Waals surface area (Å²) in [5.74, 6) is 0. The molecule has 0 bridgehead atoms. The van der Waals surface area contributed by atoms with Crippen molar-refractivity contribution >= 4 is 145 Å². The highest BCUT2D eigenvalue weighted by molar-refractivity contribution is 7.45. The Morgan fingerprint density at radius 2 is 1.21 bits per heavy atom. The highest BCUT2D eigenvalue weighted by atomic mass is 31.1. The number of rotatable bonds is 7. The van der Waals surface area contributed by atoms with E-state index in [-0.39, 0.29) is 6.85 Å². The summed E-state index contributed by atoms with van der Waals surface area (Å²) in [5, 5.41) is 13.5. The lowest BCUT2D eigenvalue weighted by molar-refractivity contribution is 0.673. The molecule has 0 saturated carbocycles. The molecule has 0 unspecified atom stereocenters. The van der Waals surface area contributed by atoms with Crippen molar-refractivity contribution in [1.29, 1.82) is 0 Å². The van der Waals surface area contributed by atoms with Crippen LogP contribution >= 0.6 is 16.4 Å². The Morgan fingerprint density at radius 1 is 0.529 bits per heavy atom. The van der Waals surface area contributed by atoms with Crippen molar-refractivity contribution in [1.82, 2.24) is 4.48 Å². The Kier molecular flexibility index (Phi) is 8.70. The van der Waals surface area contributed by atoms with Crippen LogP contribution in [0.15, 0.2) is 205 Å². The number of benzene rings is 11. The first-order chi connectivity index (χ1) is 34.6. The molecule has 2 aliphatic heterocycles. The van der Waals surface area contributed by atoms with Crippen LogP contribution in [0.4, 0.5) is 17.1 Å². The number of nitrogens with zero attached hydrogens (tertiary/aromatic N) is 2. The van der Waals surface area contributed by atoms with Crippen molar-refractivity contribution in [2.24, 2.45) is 0 Å². The van der Waals surface area contributed by atoms with Crippen LogP contribution in [0.1, 0.15) is 16.7 Å². The quantitative estimate of drug-likeness (QED) is 0.0902. The zero-order chi connectivity index (χ0) is 46.2. The molecule has 0 saturated heterocycles. The molecule has 0 aliphatic carbocycles. The maximum atomic E-state index is 6.98. The van der Waals surface area contributed by atoms with Gasteiger partial charge in [0.25, 0.3) is 0 Å². The van der Waals surface area contributed by atoms with Crippen LogP contribution in [0.5, 0.6) is 0 Å². The van der Waals surface area contributed by atoms with Gasteiger partial charge in [-0.2, -0.15) is 0 Å². The lowest BCUT2D eigenvalue weighted by Gasteiger charge is -2.41. The van der Waals surface area contributed by atoms with Gasteiger partial charge in [-0.25, -0.2) is 0 Å². The largest absolute Gasteiger partial charge is 0.455 e. The molecule has 3 nitrogen and oxygen atoms in total. The summed E-state index contributed by atoms with van der Waals surface area (Å²) in [7, 11) is 2.04. The molecule has 326 valence electrons. The van der Waals surface area contributed by atoms with Crippen LogP contribution in [-0.4, -0.2) is 23.9 Å². The molecule has 15 rings (SSSR count). The minimum Gasteiger partial charge on any atom is -0.455 e. The van der Waals surface area contributed by atoms with Gasteiger partial charge >= 0.3 is 6.85 Å². The zero-order valence-corrected chi connectivity index (χ0v) is 39.9. The van der Waals surface area contributed by atoms with E-state index >= 15 is 0 Å². The van der Waals surface area contributed by atoms with Crippen molar-refractivity contribution in [2.75, 3.05) is 4.90 Å². The second kappa shape index (κ2) is 15.3. The van der Waals surface area contributed by atoms with Crippen molar-refractivity contribution in [3.63, 3.8) is 0 Å². The van der Waals surface area contributed by atoms with Gasteiger partial charge in [0.05, 0.1) is 5.39 Å². The minimum absolute atomic E-state index is 0.171. The summed E-state index contributed by atoms with van der Waals surface area (Å²) in [6, 6.07) is 74.7. The molecule has 0 amide bonds. The second-order valence-electron chi connectivity index (χ2n) is 18.9. The van der Waals surface area contributed by atoms with Gasteiger partial charge in [-0.1, -0.05) is 172 Å². The van der Waals surface area contributed by atoms with Crippen molar-refractivity contribution in [3.05, 3.63) is 217 Å². The molecule has 13 aromatic rings. The Morgan fingerprint density at radius 3 is 2.01 bits per heavy atom. The van der Waals surface area contributed by atoms with E-state index in [2.05, 4.69) is 222 Å². The van der Waals surface area contributed by atoms with E-state index in [4.69, 9.17) is 4.42 Å². The van der Waals surface area contributed by atoms with Gasteiger partial charge < -0.3 is 13.8 Å². The summed E-state index contributed by atoms with van der Waals surface area (Å²) in [5.41, 5.74) is 19.2. The zero-order valence-electron chi connectivity index (χ0n) is 38.2. The van der Waals surface area contributed by atoms with Gasteiger partial charge in [-0.15, -0.1) is 8.20 Å². The van der Waals surface area contributed by atoms with Gasteiger partial charge in [0.2, 0.25) is 0 Å². The number of hydrogen-bond donors (Lipinski definition) is 0. The van der Waals surface area contributed by atoms with Crippen LogP contribution in [0.25, 0.3) is 98.3 Å². The molecule has 0 fully saturated rings. The average molecular weight is 927 g/mol. The van der Waals surface area contributed by atoms with Crippen molar-refractivity contribution in [3.8, 4) is 22.3 Å². The van der Waals surface area contributed by atoms with Crippen LogP contribution in [0, 0.1) is 0 Å². The highest BCUT2D eigenvalue weighted by Gasteiger charge is 2.44. The summed E-state index contributed by atoms with van der Waals surface area (Å²) in [6.07, 6.45) is 10.5. The molecule has 4 heterocycles. The fourth-order valence-corrected chi connectivity index (χ4v) is 13.5. The Balaban J connectivity index is 1.16. The number of fused-ring (bicyclic) bond motifs is 15. The Labute approximate surface area is 408 Å². The van der Waals surface area contributed by atoms with E-state index in [1.807, 2.05) is 0 Å². The molecule has 0 radical (unpaired) electrons. The fourth-order valence-electron chi connectivity index (χ4n) is 12.5. The predicted molar refractivity (Wildman–Crippen MR) is 306 cm³/mol. The van der Waals surface area contributed by atoms with Gasteiger partial charge in [0.1, 0.15) is 11.2 Å². The standard InChI is InChI=1S/C64H41BN2OP2/c1-69-37-54-46-24-12-11-23-45(46)49(29-38-17-5-3-6-18-38)50-35-55-57(36-51(50)54)66(42-30-41(31-43(33-42)70-2)39-19-7-4-8-20-39)58-32-40-21-9-10-22-44(40)60-53-34-52-47-25-14-16-28-59(47)68-64(52)61-48-26-13-15-27-56(48)67(63(53)61)65(55)62(58)60/h3-28,30-36H,1-2,29,37H2. The number of hydrogen-bond acceptors (Lipinski definition) is 2. The number of aromatic nitrogens is 1. The molecule has 0 N–H and O–H groups in total. The summed E-state index contributed by atoms with van der Waals surface area (Å²) in [6.45, 7) is -0.171. The van der Waals surface area contributed by atoms with Crippen molar-refractivity contribution in [2.45, 2.75) is 12.6 Å². The third-order valence-electron chi connectivity index (χ3n) is 15.3. The molecule has 0 atom stereocenters. The Hall–Kier alpha value is -8.00. The van der Waals surface area contributed by atoms with Crippen LogP contribution in [0.3, 0.4) is 0 Å². The Bertz CT molecular complexity index is 4420. The SMILES string of the molecule is C=PCc1c2ccccc2c(Cc2ccccc2)c2cc3c(cc12)N(c1cc(P=C)cc(-c2ccccc2)c1)c1cc2ccccc2c2c1B3n1c3ccccc3c3c4oc5ccccc5c4cc-2c31. The van der Waals surface area contributed by atoms with Crippen molar-refractivity contribution < 1.29 is 4.42 Å². The molecule has 0 spiro atoms. The van der Waals surface area contributed by atoms with E-state index in [0.717, 1.165) is 56.6 Å². The number of para-hydroxylation sites is 2. The average Bonchev–Trinajstić information content (AvgIpc) is 3.97. The van der Waals surface area contributed by atoms with Crippen LogP contribution < -0.4 is 21.1 Å². The molecule has 2 aliphatic rings. The highest BCUT2D eigenvalue weighted by Crippen LogP contribution is 2.52. The predicted octanol–water partition coefficient (Wildman–Crippen LogP) is 15.7. The van der Waals surface area contributed by atoms with Gasteiger partial charge in [-0.3, -0.25) is 0 Å². The maximum Gasteiger partial charge on any atom is 0.333 e. The minimum atomic E-state index is -0.171. The first kappa shape index (κ1) is 39.9. The maximum absolute atomic E-state index is 6.98. The molecule has 6 heteroatoms. The number of furan rings is 1. The van der Waals surface area contributed by atoms with Crippen LogP contribution in [0.2, 0.25) is 0 Å². The molecule has 70 heavy (non-hydrogen) atoms. The van der Waals surface area contributed by atoms with E-state index in [1.54, 1.807) is 0 Å². The van der Waals surface area contributed by atoms with E-state index in [0.29, 0.717) is 0 Å². The fraction of sp³-hybridized carbons (Fsp3) is 0.0312. The van der Waals surface area contributed by atoms with E-state index in [9.17, 15) is 0 Å². The molecule has 11 aromatic carbocycles. The second-order valence-corrected chi connectivity index (χ2v) is 20.5. The van der Waals surface area contributed by atoms with Crippen LogP contribution in [-0.2, 0) is 12.6 Å². The molecular formula is C64H41BN2OP2. The third kappa shape index (κ3) is 5.61. The van der Waals surface area contributed by atoms with Gasteiger partial charge in [0.15, 0.2) is 0 Å². The molecular weight excluding hydrogens is 885 g/mol. The topological polar surface area (TPSA) is 21.3 Å². The molecule has 2 aromatic heterocycles. The summed E-state index contributed by atoms with van der Waals surface area (Å²) >= 11 is 0. The summed E-state index contributed by atoms with van der Waals surface area (Å²) in [4.78, 5) is 2.61. The normalized spacial score (nSPS) is 13.0. The summed E-state index contributed by atoms with van der Waals surface area (Å²) < 4.78 is 9.66. The first-order valence-corrected chi connectivity index (χ1v) is 26.4. The first-order valence-electron chi connectivity index (χ1n) is 24.0. The lowest BCUT2D eigenvalue weighted by atomic mass is 9.44.